The second-order valence-corrected chi connectivity index (χ2v) is 5.86. The first kappa shape index (κ1) is 15.1. The number of halogens is 1. The van der Waals surface area contributed by atoms with Gasteiger partial charge in [-0.1, -0.05) is 11.6 Å². The molecule has 0 aliphatic carbocycles. The summed E-state index contributed by atoms with van der Waals surface area (Å²) in [6, 6.07) is 4.50. The molecule has 20 heavy (non-hydrogen) atoms. The summed E-state index contributed by atoms with van der Waals surface area (Å²) in [5.74, 6) is 0.560. The van der Waals surface area contributed by atoms with Gasteiger partial charge in [-0.3, -0.25) is 4.79 Å². The van der Waals surface area contributed by atoms with Crippen LogP contribution in [0.25, 0.3) is 0 Å². The maximum Gasteiger partial charge on any atom is 0.251 e. The van der Waals surface area contributed by atoms with E-state index in [0.717, 1.165) is 19.5 Å². The van der Waals surface area contributed by atoms with Crippen molar-refractivity contribution in [3.8, 4) is 5.75 Å². The van der Waals surface area contributed by atoms with Crippen molar-refractivity contribution >= 4 is 17.5 Å². The molecule has 1 heterocycles. The maximum atomic E-state index is 11.9. The lowest BCUT2D eigenvalue weighted by molar-refractivity contribution is 0.0949. The number of rotatable bonds is 4. The standard InChI is InChI=1S/C15H21ClN2O2/c1-18-8-5-11(6-9-18)4-7-17-15(20)12-2-3-14(19)13(16)10-12/h2-3,10-11,19H,4-9H2,1H3,(H,17,20). The first-order valence-corrected chi connectivity index (χ1v) is 7.39. The Morgan fingerprint density at radius 2 is 2.15 bits per heavy atom. The number of benzene rings is 1. The molecule has 5 heteroatoms. The summed E-state index contributed by atoms with van der Waals surface area (Å²) in [5, 5.41) is 12.4. The molecule has 1 aromatic rings. The summed E-state index contributed by atoms with van der Waals surface area (Å²) in [6.45, 7) is 2.98. The van der Waals surface area contributed by atoms with Gasteiger partial charge in [0.2, 0.25) is 0 Å². The first-order valence-electron chi connectivity index (χ1n) is 7.01. The molecule has 1 aliphatic rings. The molecule has 1 fully saturated rings. The monoisotopic (exact) mass is 296 g/mol. The highest BCUT2D eigenvalue weighted by atomic mass is 35.5. The van der Waals surface area contributed by atoms with Crippen LogP contribution in [0.1, 0.15) is 29.6 Å². The zero-order valence-electron chi connectivity index (χ0n) is 11.7. The van der Waals surface area contributed by atoms with Crippen LogP contribution in [0.4, 0.5) is 0 Å². The number of piperidine rings is 1. The largest absolute Gasteiger partial charge is 0.506 e. The predicted molar refractivity (Wildman–Crippen MR) is 80.3 cm³/mol. The van der Waals surface area contributed by atoms with E-state index in [1.165, 1.54) is 25.0 Å². The molecular weight excluding hydrogens is 276 g/mol. The van der Waals surface area contributed by atoms with Crippen LogP contribution in [-0.2, 0) is 0 Å². The lowest BCUT2D eigenvalue weighted by Crippen LogP contribution is -2.32. The van der Waals surface area contributed by atoms with Gasteiger partial charge in [0.1, 0.15) is 5.75 Å². The molecule has 4 nitrogen and oxygen atoms in total. The molecule has 1 amide bonds. The number of amides is 1. The molecule has 0 aromatic heterocycles. The summed E-state index contributed by atoms with van der Waals surface area (Å²) < 4.78 is 0. The average Bonchev–Trinajstić information content (AvgIpc) is 2.44. The Morgan fingerprint density at radius 1 is 1.45 bits per heavy atom. The van der Waals surface area contributed by atoms with Crippen LogP contribution in [0.3, 0.4) is 0 Å². The number of phenolic OH excluding ortho intramolecular Hbond substituents is 1. The molecule has 110 valence electrons. The minimum Gasteiger partial charge on any atom is -0.506 e. The fourth-order valence-electron chi connectivity index (χ4n) is 2.49. The van der Waals surface area contributed by atoms with E-state index in [1.54, 1.807) is 6.07 Å². The van der Waals surface area contributed by atoms with E-state index in [-0.39, 0.29) is 16.7 Å². The second kappa shape index (κ2) is 6.95. The van der Waals surface area contributed by atoms with Crippen LogP contribution in [0.15, 0.2) is 18.2 Å². The van der Waals surface area contributed by atoms with Crippen molar-refractivity contribution in [3.05, 3.63) is 28.8 Å². The van der Waals surface area contributed by atoms with Gasteiger partial charge in [-0.15, -0.1) is 0 Å². The molecule has 1 aliphatic heterocycles. The Balaban J connectivity index is 1.76. The minimum atomic E-state index is -0.139. The van der Waals surface area contributed by atoms with Gasteiger partial charge in [0.05, 0.1) is 5.02 Å². The van der Waals surface area contributed by atoms with Crippen LogP contribution in [0.2, 0.25) is 5.02 Å². The lowest BCUT2D eigenvalue weighted by atomic mass is 9.94. The number of aromatic hydroxyl groups is 1. The molecule has 1 aromatic carbocycles. The quantitative estimate of drug-likeness (QED) is 0.897. The SMILES string of the molecule is CN1CCC(CCNC(=O)c2ccc(O)c(Cl)c2)CC1. The number of phenols is 1. The summed E-state index contributed by atoms with van der Waals surface area (Å²) in [5.41, 5.74) is 0.483. The van der Waals surface area contributed by atoms with Gasteiger partial charge in [-0.25, -0.2) is 0 Å². The van der Waals surface area contributed by atoms with Crippen LogP contribution in [0.5, 0.6) is 5.75 Å². The summed E-state index contributed by atoms with van der Waals surface area (Å²) in [6.07, 6.45) is 3.43. The van der Waals surface area contributed by atoms with Gasteiger partial charge in [0, 0.05) is 12.1 Å². The van der Waals surface area contributed by atoms with E-state index in [1.807, 2.05) is 0 Å². The van der Waals surface area contributed by atoms with Crippen molar-refractivity contribution in [3.63, 3.8) is 0 Å². The molecule has 0 radical (unpaired) electrons. The Hall–Kier alpha value is -1.26. The van der Waals surface area contributed by atoms with E-state index in [4.69, 9.17) is 11.6 Å². The fourth-order valence-corrected chi connectivity index (χ4v) is 2.67. The number of likely N-dealkylation sites (tertiary alicyclic amines) is 1. The van der Waals surface area contributed by atoms with Crippen LogP contribution < -0.4 is 5.32 Å². The smallest absolute Gasteiger partial charge is 0.251 e. The van der Waals surface area contributed by atoms with E-state index in [9.17, 15) is 9.90 Å². The van der Waals surface area contributed by atoms with Crippen molar-refractivity contribution < 1.29 is 9.90 Å². The summed E-state index contributed by atoms with van der Waals surface area (Å²) in [7, 11) is 2.15. The number of carbonyl (C=O) groups excluding carboxylic acids is 1. The third-order valence-corrected chi connectivity index (χ3v) is 4.19. The predicted octanol–water partition coefficient (Wildman–Crippen LogP) is 2.51. The van der Waals surface area contributed by atoms with E-state index in [0.29, 0.717) is 18.0 Å². The molecule has 0 unspecified atom stereocenters. The van der Waals surface area contributed by atoms with Crippen molar-refractivity contribution in [2.24, 2.45) is 5.92 Å². The van der Waals surface area contributed by atoms with Crippen LogP contribution >= 0.6 is 11.6 Å². The maximum absolute atomic E-state index is 11.9. The number of nitrogens with zero attached hydrogens (tertiary/aromatic N) is 1. The lowest BCUT2D eigenvalue weighted by Gasteiger charge is -2.28. The van der Waals surface area contributed by atoms with E-state index >= 15 is 0 Å². The molecule has 0 spiro atoms. The second-order valence-electron chi connectivity index (χ2n) is 5.46. The number of carbonyl (C=O) groups is 1. The Morgan fingerprint density at radius 3 is 2.80 bits per heavy atom. The average molecular weight is 297 g/mol. The molecule has 0 bridgehead atoms. The molecule has 1 saturated heterocycles. The topological polar surface area (TPSA) is 52.6 Å². The van der Waals surface area contributed by atoms with Gasteiger partial charge in [0.15, 0.2) is 0 Å². The zero-order valence-corrected chi connectivity index (χ0v) is 12.5. The van der Waals surface area contributed by atoms with Gasteiger partial charge < -0.3 is 15.3 Å². The highest BCUT2D eigenvalue weighted by molar-refractivity contribution is 6.32. The normalized spacial score (nSPS) is 17.1. The highest BCUT2D eigenvalue weighted by Gasteiger charge is 2.16. The summed E-state index contributed by atoms with van der Waals surface area (Å²) in [4.78, 5) is 14.3. The van der Waals surface area contributed by atoms with Crippen molar-refractivity contribution in [2.45, 2.75) is 19.3 Å². The van der Waals surface area contributed by atoms with Gasteiger partial charge in [-0.05, 0) is 63.5 Å². The highest BCUT2D eigenvalue weighted by Crippen LogP contribution is 2.23. The van der Waals surface area contributed by atoms with Crippen molar-refractivity contribution in [1.82, 2.24) is 10.2 Å². The molecule has 0 saturated carbocycles. The van der Waals surface area contributed by atoms with Gasteiger partial charge in [0.25, 0.3) is 5.91 Å². The van der Waals surface area contributed by atoms with Gasteiger partial charge in [-0.2, -0.15) is 0 Å². The first-order chi connectivity index (χ1) is 9.56. The molecular formula is C15H21ClN2O2. The zero-order chi connectivity index (χ0) is 14.5. The molecule has 2 rings (SSSR count). The number of nitrogens with one attached hydrogen (secondary N) is 1. The third-order valence-electron chi connectivity index (χ3n) is 3.89. The minimum absolute atomic E-state index is 0.00505. The number of hydrogen-bond acceptors (Lipinski definition) is 3. The molecule has 0 atom stereocenters. The number of hydrogen-bond donors (Lipinski definition) is 2. The van der Waals surface area contributed by atoms with Crippen LogP contribution in [-0.4, -0.2) is 42.6 Å². The van der Waals surface area contributed by atoms with E-state index < -0.39 is 0 Å². The Labute approximate surface area is 124 Å². The van der Waals surface area contributed by atoms with E-state index in [2.05, 4.69) is 17.3 Å². The fraction of sp³-hybridized carbons (Fsp3) is 0.533. The van der Waals surface area contributed by atoms with Gasteiger partial charge >= 0.3 is 0 Å². The third kappa shape index (κ3) is 4.12. The summed E-state index contributed by atoms with van der Waals surface area (Å²) >= 11 is 5.79. The molecule has 2 N–H and O–H groups in total. The van der Waals surface area contributed by atoms with Crippen molar-refractivity contribution in [1.29, 1.82) is 0 Å². The van der Waals surface area contributed by atoms with Crippen LogP contribution in [0, 0.1) is 5.92 Å². The Kier molecular flexibility index (Phi) is 5.26. The van der Waals surface area contributed by atoms with Crippen molar-refractivity contribution in [2.75, 3.05) is 26.7 Å². The Bertz CT molecular complexity index is 471.